The predicted octanol–water partition coefficient (Wildman–Crippen LogP) is 3.20. The van der Waals surface area contributed by atoms with Crippen LogP contribution < -0.4 is 5.56 Å². The van der Waals surface area contributed by atoms with Gasteiger partial charge in [0.2, 0.25) is 0 Å². The second kappa shape index (κ2) is 3.61. The Bertz CT molecular complexity index is 1000. The summed E-state index contributed by atoms with van der Waals surface area (Å²) >= 11 is 1.32. The first kappa shape index (κ1) is 10.6. The number of halogens is 1. The molecule has 0 bridgehead atoms. The molecule has 3 nitrogen and oxygen atoms in total. The summed E-state index contributed by atoms with van der Waals surface area (Å²) in [7, 11) is 0. The van der Waals surface area contributed by atoms with Crippen molar-refractivity contribution in [2.24, 2.45) is 0 Å². The van der Waals surface area contributed by atoms with Gasteiger partial charge < -0.3 is 0 Å². The molecule has 0 unspecified atom stereocenters. The van der Waals surface area contributed by atoms with Crippen LogP contribution in [-0.4, -0.2) is 9.38 Å². The lowest BCUT2D eigenvalue weighted by Crippen LogP contribution is -2.13. The molecule has 0 saturated heterocycles. The van der Waals surface area contributed by atoms with E-state index in [0.717, 1.165) is 4.70 Å². The van der Waals surface area contributed by atoms with E-state index in [-0.39, 0.29) is 5.56 Å². The molecular formula is C14H7FN2OS. The van der Waals surface area contributed by atoms with Gasteiger partial charge in [0.1, 0.15) is 11.3 Å². The van der Waals surface area contributed by atoms with E-state index < -0.39 is 5.82 Å². The van der Waals surface area contributed by atoms with E-state index in [2.05, 4.69) is 4.98 Å². The Morgan fingerprint density at radius 1 is 1.11 bits per heavy atom. The third kappa shape index (κ3) is 1.36. The fourth-order valence-corrected chi connectivity index (χ4v) is 3.31. The summed E-state index contributed by atoms with van der Waals surface area (Å²) in [6, 6.07) is 11.9. The van der Waals surface area contributed by atoms with Crippen LogP contribution in [0.2, 0.25) is 0 Å². The van der Waals surface area contributed by atoms with Gasteiger partial charge in [-0.2, -0.15) is 0 Å². The average Bonchev–Trinajstić information content (AvgIpc) is 2.79. The average molecular weight is 270 g/mol. The highest BCUT2D eigenvalue weighted by Gasteiger charge is 2.13. The Morgan fingerprint density at radius 2 is 1.95 bits per heavy atom. The van der Waals surface area contributed by atoms with Gasteiger partial charge in [-0.05, 0) is 24.3 Å². The van der Waals surface area contributed by atoms with E-state index in [1.807, 2.05) is 6.07 Å². The number of para-hydroxylation sites is 2. The first-order chi connectivity index (χ1) is 9.25. The van der Waals surface area contributed by atoms with Crippen LogP contribution in [-0.2, 0) is 0 Å². The van der Waals surface area contributed by atoms with Crippen molar-refractivity contribution < 1.29 is 4.39 Å². The Labute approximate surface area is 110 Å². The molecule has 0 amide bonds. The van der Waals surface area contributed by atoms with E-state index in [4.69, 9.17) is 0 Å². The smallest absolute Gasteiger partial charge is 0.266 e. The Kier molecular flexibility index (Phi) is 2.02. The summed E-state index contributed by atoms with van der Waals surface area (Å²) in [6.45, 7) is 0. The van der Waals surface area contributed by atoms with Crippen LogP contribution in [0.25, 0.3) is 26.1 Å². The maximum Gasteiger partial charge on any atom is 0.266 e. The number of rotatable bonds is 0. The summed E-state index contributed by atoms with van der Waals surface area (Å²) in [4.78, 5) is 17.4. The maximum atomic E-state index is 13.9. The van der Waals surface area contributed by atoms with E-state index in [9.17, 15) is 9.18 Å². The van der Waals surface area contributed by atoms with Gasteiger partial charge in [0, 0.05) is 0 Å². The van der Waals surface area contributed by atoms with Gasteiger partial charge in [0.15, 0.2) is 4.96 Å². The van der Waals surface area contributed by atoms with Crippen molar-refractivity contribution in [1.82, 2.24) is 9.38 Å². The molecule has 19 heavy (non-hydrogen) atoms. The van der Waals surface area contributed by atoms with Crippen molar-refractivity contribution in [1.29, 1.82) is 0 Å². The van der Waals surface area contributed by atoms with Crippen LogP contribution >= 0.6 is 11.3 Å². The Hall–Kier alpha value is -2.27. The van der Waals surface area contributed by atoms with Crippen molar-refractivity contribution in [3.8, 4) is 0 Å². The van der Waals surface area contributed by atoms with Crippen molar-refractivity contribution in [2.45, 2.75) is 0 Å². The molecule has 2 aromatic carbocycles. The van der Waals surface area contributed by atoms with Gasteiger partial charge in [-0.15, -0.1) is 0 Å². The van der Waals surface area contributed by atoms with Gasteiger partial charge in [-0.1, -0.05) is 29.5 Å². The highest BCUT2D eigenvalue weighted by Crippen LogP contribution is 2.26. The zero-order valence-electron chi connectivity index (χ0n) is 9.63. The summed E-state index contributed by atoms with van der Waals surface area (Å²) in [5.74, 6) is -0.400. The quantitative estimate of drug-likeness (QED) is 0.492. The SMILES string of the molecule is O=c1c2ccccc2nc2sc3cccc(F)c3n12. The van der Waals surface area contributed by atoms with Crippen LogP contribution in [0.15, 0.2) is 47.3 Å². The summed E-state index contributed by atoms with van der Waals surface area (Å²) in [5.41, 5.74) is 0.724. The van der Waals surface area contributed by atoms with E-state index >= 15 is 0 Å². The summed E-state index contributed by atoms with van der Waals surface area (Å²) in [5, 5.41) is 0.503. The van der Waals surface area contributed by atoms with Crippen molar-refractivity contribution >= 4 is 37.4 Å². The fourth-order valence-electron chi connectivity index (χ4n) is 2.27. The predicted molar refractivity (Wildman–Crippen MR) is 74.3 cm³/mol. The van der Waals surface area contributed by atoms with Gasteiger partial charge in [0.05, 0.1) is 15.6 Å². The van der Waals surface area contributed by atoms with Crippen molar-refractivity contribution in [3.05, 3.63) is 58.6 Å². The number of aromatic nitrogens is 2. The molecule has 0 atom stereocenters. The monoisotopic (exact) mass is 270 g/mol. The van der Waals surface area contributed by atoms with E-state index in [1.165, 1.54) is 21.8 Å². The van der Waals surface area contributed by atoms with Crippen LogP contribution in [0.5, 0.6) is 0 Å². The summed E-state index contributed by atoms with van der Waals surface area (Å²) < 4.78 is 16.0. The molecule has 0 aliphatic rings. The third-order valence-corrected chi connectivity index (χ3v) is 4.13. The van der Waals surface area contributed by atoms with E-state index in [1.54, 1.807) is 30.3 Å². The third-order valence-electron chi connectivity index (χ3n) is 3.12. The molecule has 0 saturated carbocycles. The Balaban J connectivity index is 2.39. The van der Waals surface area contributed by atoms with Crippen LogP contribution in [0.1, 0.15) is 0 Å². The van der Waals surface area contributed by atoms with Crippen LogP contribution in [0.3, 0.4) is 0 Å². The zero-order chi connectivity index (χ0) is 13.0. The number of benzene rings is 2. The minimum atomic E-state index is -0.400. The van der Waals surface area contributed by atoms with Crippen LogP contribution in [0, 0.1) is 5.82 Å². The molecule has 0 N–H and O–H groups in total. The largest absolute Gasteiger partial charge is 0.268 e. The molecule has 2 aromatic heterocycles. The van der Waals surface area contributed by atoms with Gasteiger partial charge in [-0.25, -0.2) is 13.8 Å². The van der Waals surface area contributed by atoms with Gasteiger partial charge >= 0.3 is 0 Å². The molecule has 5 heteroatoms. The van der Waals surface area contributed by atoms with Crippen molar-refractivity contribution in [3.63, 3.8) is 0 Å². The number of hydrogen-bond acceptors (Lipinski definition) is 3. The highest BCUT2D eigenvalue weighted by molar-refractivity contribution is 7.23. The molecule has 0 aliphatic carbocycles. The molecule has 2 heterocycles. The minimum Gasteiger partial charge on any atom is -0.268 e. The second-order valence-electron chi connectivity index (χ2n) is 4.24. The number of nitrogens with zero attached hydrogens (tertiary/aromatic N) is 2. The lowest BCUT2D eigenvalue weighted by molar-refractivity contribution is 0.635. The number of hydrogen-bond donors (Lipinski definition) is 0. The first-order valence-corrected chi connectivity index (χ1v) is 6.56. The maximum absolute atomic E-state index is 13.9. The fraction of sp³-hybridized carbons (Fsp3) is 0. The summed E-state index contributed by atoms with van der Waals surface area (Å²) in [6.07, 6.45) is 0. The second-order valence-corrected chi connectivity index (χ2v) is 5.25. The standard InChI is InChI=1S/C14H7FN2OS/c15-9-5-3-7-11-12(9)17-13(18)8-4-1-2-6-10(8)16-14(17)19-11/h1-7H. The molecule has 4 aromatic rings. The Morgan fingerprint density at radius 3 is 2.84 bits per heavy atom. The molecule has 0 spiro atoms. The lowest BCUT2D eigenvalue weighted by atomic mass is 10.2. The number of thiazole rings is 1. The molecular weight excluding hydrogens is 263 g/mol. The normalized spacial score (nSPS) is 11.6. The topological polar surface area (TPSA) is 34.4 Å². The minimum absolute atomic E-state index is 0.225. The van der Waals surface area contributed by atoms with Gasteiger partial charge in [-0.3, -0.25) is 4.79 Å². The lowest BCUT2D eigenvalue weighted by Gasteiger charge is -1.99. The van der Waals surface area contributed by atoms with Gasteiger partial charge in [0.25, 0.3) is 5.56 Å². The van der Waals surface area contributed by atoms with Crippen molar-refractivity contribution in [2.75, 3.05) is 0 Å². The number of fused-ring (bicyclic) bond motifs is 4. The first-order valence-electron chi connectivity index (χ1n) is 5.74. The highest BCUT2D eigenvalue weighted by atomic mass is 32.1. The molecule has 0 radical (unpaired) electrons. The molecule has 0 fully saturated rings. The molecule has 0 aliphatic heterocycles. The van der Waals surface area contributed by atoms with E-state index in [0.29, 0.717) is 21.4 Å². The molecule has 92 valence electrons. The zero-order valence-corrected chi connectivity index (χ0v) is 10.4. The van der Waals surface area contributed by atoms with Crippen LogP contribution in [0.4, 0.5) is 4.39 Å². The molecule has 4 rings (SSSR count).